The van der Waals surface area contributed by atoms with Crippen molar-refractivity contribution < 1.29 is 19.1 Å². The zero-order valence-corrected chi connectivity index (χ0v) is 14.3. The van der Waals surface area contributed by atoms with E-state index in [1.54, 1.807) is 6.92 Å². The third kappa shape index (κ3) is 3.80. The fraction of sp³-hybridized carbons (Fsp3) is 0.882. The van der Waals surface area contributed by atoms with Gasteiger partial charge in [-0.2, -0.15) is 0 Å². The second-order valence-electron chi connectivity index (χ2n) is 7.87. The van der Waals surface area contributed by atoms with Gasteiger partial charge in [0.2, 0.25) is 0 Å². The van der Waals surface area contributed by atoms with Gasteiger partial charge in [-0.15, -0.1) is 0 Å². The summed E-state index contributed by atoms with van der Waals surface area (Å²) < 4.78 is 10.7. The van der Waals surface area contributed by atoms with Crippen molar-refractivity contribution in [2.45, 2.75) is 65.4 Å². The molecule has 0 aromatic rings. The van der Waals surface area contributed by atoms with Crippen molar-refractivity contribution >= 4 is 11.9 Å². The molecule has 1 N–H and O–H groups in total. The molecule has 1 aliphatic heterocycles. The van der Waals surface area contributed by atoms with Crippen LogP contribution in [0.5, 0.6) is 0 Å². The zero-order valence-electron chi connectivity index (χ0n) is 14.3. The van der Waals surface area contributed by atoms with Crippen LogP contribution in [0.3, 0.4) is 0 Å². The van der Waals surface area contributed by atoms with E-state index in [4.69, 9.17) is 9.47 Å². The highest BCUT2D eigenvalue weighted by Crippen LogP contribution is 2.61. The average molecular weight is 311 g/mol. The Morgan fingerprint density at radius 1 is 1.14 bits per heavy atom. The van der Waals surface area contributed by atoms with Crippen molar-refractivity contribution in [1.29, 1.82) is 0 Å². The first kappa shape index (κ1) is 17.3. The van der Waals surface area contributed by atoms with Crippen LogP contribution in [-0.4, -0.2) is 37.2 Å². The number of carbonyl (C=O) groups excluding carboxylic acids is 2. The number of carbonyl (C=O) groups is 2. The lowest BCUT2D eigenvalue weighted by atomic mass is 9.48. The van der Waals surface area contributed by atoms with Crippen LogP contribution < -0.4 is 5.32 Å². The van der Waals surface area contributed by atoms with Gasteiger partial charge in [0.05, 0.1) is 18.4 Å². The summed E-state index contributed by atoms with van der Waals surface area (Å²) >= 11 is 0. The number of hydrogen-bond donors (Lipinski definition) is 1. The Balaban J connectivity index is 2.09. The van der Waals surface area contributed by atoms with E-state index in [2.05, 4.69) is 5.32 Å². The summed E-state index contributed by atoms with van der Waals surface area (Å²) in [6.07, 6.45) is 3.77. The molecule has 0 amide bonds. The minimum absolute atomic E-state index is 0.144. The molecule has 1 heterocycles. The predicted molar refractivity (Wildman–Crippen MR) is 83.3 cm³/mol. The Morgan fingerprint density at radius 2 is 1.73 bits per heavy atom. The van der Waals surface area contributed by atoms with Gasteiger partial charge in [-0.25, -0.2) is 0 Å². The van der Waals surface area contributed by atoms with Crippen molar-refractivity contribution in [1.82, 2.24) is 5.32 Å². The van der Waals surface area contributed by atoms with Crippen LogP contribution in [0.2, 0.25) is 0 Å². The van der Waals surface area contributed by atoms with Gasteiger partial charge in [0, 0.05) is 0 Å². The second-order valence-corrected chi connectivity index (χ2v) is 7.87. The molecule has 0 radical (unpaired) electrons. The predicted octanol–water partition coefficient (Wildman–Crippen LogP) is 2.43. The maximum Gasteiger partial charge on any atom is 0.313 e. The lowest BCUT2D eigenvalue weighted by Crippen LogP contribution is -2.57. The molecule has 1 saturated carbocycles. The summed E-state index contributed by atoms with van der Waals surface area (Å²) in [4.78, 5) is 24.6. The topological polar surface area (TPSA) is 64.6 Å². The monoisotopic (exact) mass is 311 g/mol. The first-order valence-corrected chi connectivity index (χ1v) is 8.30. The fourth-order valence-corrected chi connectivity index (χ4v) is 3.91. The molecule has 5 heteroatoms. The van der Waals surface area contributed by atoms with Crippen molar-refractivity contribution in [3.05, 3.63) is 0 Å². The summed E-state index contributed by atoms with van der Waals surface area (Å²) in [7, 11) is 0. The zero-order chi connectivity index (χ0) is 16.4. The molecule has 5 nitrogen and oxygen atoms in total. The molecule has 0 atom stereocenters. The minimum atomic E-state index is -0.684. The van der Waals surface area contributed by atoms with Gasteiger partial charge in [-0.3, -0.25) is 9.59 Å². The standard InChI is InChI=1S/C17H29NO4/c1-5-21-13(19)10-17(14(20)22-15(2,3)4)11-16(12-17)6-8-18-9-7-16/h18H,5-12H2,1-4H3. The van der Waals surface area contributed by atoms with Gasteiger partial charge in [-0.1, -0.05) is 0 Å². The van der Waals surface area contributed by atoms with E-state index in [1.807, 2.05) is 20.8 Å². The lowest BCUT2D eigenvalue weighted by Gasteiger charge is -2.56. The summed E-state index contributed by atoms with van der Waals surface area (Å²) in [5, 5.41) is 3.36. The molecule has 0 bridgehead atoms. The third-order valence-electron chi connectivity index (χ3n) is 4.71. The number of ether oxygens (including phenoxy) is 2. The highest BCUT2D eigenvalue weighted by Gasteiger charge is 2.60. The Hall–Kier alpha value is -1.10. The first-order valence-electron chi connectivity index (χ1n) is 8.30. The summed E-state index contributed by atoms with van der Waals surface area (Å²) in [5.74, 6) is -0.533. The minimum Gasteiger partial charge on any atom is -0.466 e. The van der Waals surface area contributed by atoms with Gasteiger partial charge in [0.1, 0.15) is 5.60 Å². The molecule has 2 aliphatic rings. The summed E-state index contributed by atoms with van der Waals surface area (Å²) in [6.45, 7) is 9.70. The molecular weight excluding hydrogens is 282 g/mol. The second kappa shape index (κ2) is 6.19. The molecule has 2 fully saturated rings. The van der Waals surface area contributed by atoms with Gasteiger partial charge in [-0.05, 0) is 71.9 Å². The smallest absolute Gasteiger partial charge is 0.313 e. The van der Waals surface area contributed by atoms with E-state index < -0.39 is 11.0 Å². The van der Waals surface area contributed by atoms with Crippen LogP contribution >= 0.6 is 0 Å². The van der Waals surface area contributed by atoms with Crippen LogP contribution in [0, 0.1) is 10.8 Å². The number of rotatable bonds is 4. The van der Waals surface area contributed by atoms with Crippen molar-refractivity contribution in [3.8, 4) is 0 Å². The number of nitrogens with one attached hydrogen (secondary N) is 1. The lowest BCUT2D eigenvalue weighted by molar-refractivity contribution is -0.192. The Morgan fingerprint density at radius 3 is 2.23 bits per heavy atom. The number of piperidine rings is 1. The largest absolute Gasteiger partial charge is 0.466 e. The van der Waals surface area contributed by atoms with Crippen LogP contribution in [0.4, 0.5) is 0 Å². The average Bonchev–Trinajstić information content (AvgIpc) is 2.36. The number of hydrogen-bond acceptors (Lipinski definition) is 5. The van der Waals surface area contributed by atoms with Gasteiger partial charge in [0.15, 0.2) is 0 Å². The maximum atomic E-state index is 12.7. The van der Waals surface area contributed by atoms with E-state index in [1.165, 1.54) is 0 Å². The SMILES string of the molecule is CCOC(=O)CC1(C(=O)OC(C)(C)C)CC2(CCNCC2)C1. The van der Waals surface area contributed by atoms with Gasteiger partial charge < -0.3 is 14.8 Å². The van der Waals surface area contributed by atoms with Crippen molar-refractivity contribution in [3.63, 3.8) is 0 Å². The molecule has 22 heavy (non-hydrogen) atoms. The third-order valence-corrected chi connectivity index (χ3v) is 4.71. The number of esters is 2. The maximum absolute atomic E-state index is 12.7. The molecule has 0 aromatic heterocycles. The molecular formula is C17H29NO4. The van der Waals surface area contributed by atoms with Crippen molar-refractivity contribution in [2.75, 3.05) is 19.7 Å². The van der Waals surface area contributed by atoms with E-state index >= 15 is 0 Å². The van der Waals surface area contributed by atoms with Crippen LogP contribution in [0.15, 0.2) is 0 Å². The quantitative estimate of drug-likeness (QED) is 0.808. The van der Waals surface area contributed by atoms with E-state index in [-0.39, 0.29) is 23.8 Å². The van der Waals surface area contributed by atoms with Crippen LogP contribution in [0.1, 0.15) is 59.8 Å². The molecule has 0 unspecified atom stereocenters. The molecule has 126 valence electrons. The highest BCUT2D eigenvalue weighted by atomic mass is 16.6. The van der Waals surface area contributed by atoms with E-state index in [0.29, 0.717) is 6.61 Å². The van der Waals surface area contributed by atoms with Crippen LogP contribution in [-0.2, 0) is 19.1 Å². The normalized spacial score (nSPS) is 22.7. The van der Waals surface area contributed by atoms with E-state index in [0.717, 1.165) is 38.8 Å². The van der Waals surface area contributed by atoms with E-state index in [9.17, 15) is 9.59 Å². The molecule has 0 aromatic carbocycles. The molecule has 2 rings (SSSR count). The Labute approximate surface area is 133 Å². The molecule has 1 spiro atoms. The summed E-state index contributed by atoms with van der Waals surface area (Å²) in [5.41, 5.74) is -1.01. The molecule has 1 aliphatic carbocycles. The molecule has 1 saturated heterocycles. The first-order chi connectivity index (χ1) is 10.2. The summed E-state index contributed by atoms with van der Waals surface area (Å²) in [6, 6.07) is 0. The fourth-order valence-electron chi connectivity index (χ4n) is 3.91. The Kier molecular flexibility index (Phi) is 4.85. The van der Waals surface area contributed by atoms with Crippen LogP contribution in [0.25, 0.3) is 0 Å². The Bertz CT molecular complexity index is 424. The highest BCUT2D eigenvalue weighted by molar-refractivity contribution is 5.85. The van der Waals surface area contributed by atoms with Gasteiger partial charge >= 0.3 is 11.9 Å². The van der Waals surface area contributed by atoms with Crippen molar-refractivity contribution in [2.24, 2.45) is 10.8 Å². The van der Waals surface area contributed by atoms with Gasteiger partial charge in [0.25, 0.3) is 0 Å².